The molecule has 1 saturated carbocycles. The molecule has 0 spiro atoms. The standard InChI is InChI=1S/C21H25NO3/c1-13-10-14(2)19(15(3)11-13)22-20(23)21(8-9-21)16-6-7-17(24-4)18(12-16)25-5/h6-7,10-12H,8-9H2,1-5H3,(H,22,23). The third kappa shape index (κ3) is 3.09. The van der Waals surface area contributed by atoms with Gasteiger partial charge >= 0.3 is 0 Å². The maximum absolute atomic E-state index is 13.1. The first kappa shape index (κ1) is 17.3. The van der Waals surface area contributed by atoms with E-state index in [4.69, 9.17) is 9.47 Å². The zero-order valence-electron chi connectivity index (χ0n) is 15.5. The van der Waals surface area contributed by atoms with Crippen LogP contribution in [0.5, 0.6) is 11.5 Å². The highest BCUT2D eigenvalue weighted by molar-refractivity contribution is 6.02. The average molecular weight is 339 g/mol. The lowest BCUT2D eigenvalue weighted by atomic mass is 9.94. The zero-order chi connectivity index (χ0) is 18.2. The van der Waals surface area contributed by atoms with E-state index in [0.29, 0.717) is 11.5 Å². The number of nitrogens with one attached hydrogen (secondary N) is 1. The summed E-state index contributed by atoms with van der Waals surface area (Å²) in [7, 11) is 3.22. The molecule has 0 radical (unpaired) electrons. The minimum atomic E-state index is -0.469. The van der Waals surface area contributed by atoms with Gasteiger partial charge in [-0.3, -0.25) is 4.79 Å². The van der Waals surface area contributed by atoms with Crippen molar-refractivity contribution in [3.05, 3.63) is 52.6 Å². The molecule has 2 aromatic rings. The van der Waals surface area contributed by atoms with Crippen LogP contribution in [-0.4, -0.2) is 20.1 Å². The minimum absolute atomic E-state index is 0.0507. The Morgan fingerprint density at radius 2 is 1.56 bits per heavy atom. The number of benzene rings is 2. The molecular formula is C21H25NO3. The lowest BCUT2D eigenvalue weighted by molar-refractivity contribution is -0.118. The number of ether oxygens (including phenoxy) is 2. The molecule has 0 saturated heterocycles. The molecule has 1 fully saturated rings. The lowest BCUT2D eigenvalue weighted by Crippen LogP contribution is -2.28. The van der Waals surface area contributed by atoms with E-state index >= 15 is 0 Å². The largest absolute Gasteiger partial charge is 0.493 e. The molecule has 0 bridgehead atoms. The van der Waals surface area contributed by atoms with Crippen molar-refractivity contribution in [2.24, 2.45) is 0 Å². The van der Waals surface area contributed by atoms with E-state index in [1.807, 2.05) is 32.0 Å². The van der Waals surface area contributed by atoms with Crippen LogP contribution in [0.2, 0.25) is 0 Å². The maximum Gasteiger partial charge on any atom is 0.235 e. The summed E-state index contributed by atoms with van der Waals surface area (Å²) < 4.78 is 10.7. The number of amides is 1. The number of rotatable bonds is 5. The number of methoxy groups -OCH3 is 2. The number of hydrogen-bond acceptors (Lipinski definition) is 3. The van der Waals surface area contributed by atoms with Crippen LogP contribution in [0.3, 0.4) is 0 Å². The van der Waals surface area contributed by atoms with Crippen molar-refractivity contribution in [2.75, 3.05) is 19.5 Å². The Hall–Kier alpha value is -2.49. The van der Waals surface area contributed by atoms with Crippen molar-refractivity contribution in [1.82, 2.24) is 0 Å². The number of anilines is 1. The van der Waals surface area contributed by atoms with Gasteiger partial charge in [0, 0.05) is 5.69 Å². The second-order valence-corrected chi connectivity index (χ2v) is 6.88. The van der Waals surface area contributed by atoms with Gasteiger partial charge in [0.25, 0.3) is 0 Å². The number of hydrogen-bond donors (Lipinski definition) is 1. The molecule has 0 heterocycles. The van der Waals surface area contributed by atoms with Crippen molar-refractivity contribution >= 4 is 11.6 Å². The van der Waals surface area contributed by atoms with Gasteiger partial charge in [-0.15, -0.1) is 0 Å². The predicted molar refractivity (Wildman–Crippen MR) is 99.7 cm³/mol. The molecule has 2 aromatic carbocycles. The smallest absolute Gasteiger partial charge is 0.235 e. The summed E-state index contributed by atoms with van der Waals surface area (Å²) in [6.45, 7) is 6.13. The van der Waals surface area contributed by atoms with Crippen molar-refractivity contribution < 1.29 is 14.3 Å². The number of carbonyl (C=O) groups excluding carboxylic acids is 1. The van der Waals surface area contributed by atoms with E-state index in [-0.39, 0.29) is 5.91 Å². The van der Waals surface area contributed by atoms with E-state index < -0.39 is 5.41 Å². The lowest BCUT2D eigenvalue weighted by Gasteiger charge is -2.20. The number of aryl methyl sites for hydroxylation is 3. The first-order chi connectivity index (χ1) is 11.9. The van der Waals surface area contributed by atoms with Gasteiger partial charge in [-0.05, 0) is 62.4 Å². The van der Waals surface area contributed by atoms with Gasteiger partial charge in [-0.1, -0.05) is 23.8 Å². The Labute approximate surface area is 149 Å². The average Bonchev–Trinajstić information content (AvgIpc) is 3.39. The van der Waals surface area contributed by atoms with E-state index in [2.05, 4.69) is 24.4 Å². The summed E-state index contributed by atoms with van der Waals surface area (Å²) in [5.41, 5.74) is 4.81. The normalized spacial score (nSPS) is 14.8. The Morgan fingerprint density at radius 3 is 2.08 bits per heavy atom. The van der Waals surface area contributed by atoms with Crippen LogP contribution >= 0.6 is 0 Å². The summed E-state index contributed by atoms with van der Waals surface area (Å²) in [6, 6.07) is 9.93. The van der Waals surface area contributed by atoms with Crippen LogP contribution in [0.1, 0.15) is 35.1 Å². The highest BCUT2D eigenvalue weighted by atomic mass is 16.5. The van der Waals surface area contributed by atoms with Crippen molar-refractivity contribution in [3.63, 3.8) is 0 Å². The van der Waals surface area contributed by atoms with Gasteiger partial charge in [-0.25, -0.2) is 0 Å². The third-order valence-corrected chi connectivity index (χ3v) is 5.04. The van der Waals surface area contributed by atoms with E-state index in [9.17, 15) is 4.79 Å². The van der Waals surface area contributed by atoms with Crippen molar-refractivity contribution in [3.8, 4) is 11.5 Å². The molecule has 1 aliphatic carbocycles. The van der Waals surface area contributed by atoms with Crippen LogP contribution in [0.15, 0.2) is 30.3 Å². The van der Waals surface area contributed by atoms with Gasteiger partial charge in [-0.2, -0.15) is 0 Å². The van der Waals surface area contributed by atoms with Crippen LogP contribution in [0.4, 0.5) is 5.69 Å². The van der Waals surface area contributed by atoms with Gasteiger partial charge in [0.15, 0.2) is 11.5 Å². The van der Waals surface area contributed by atoms with Crippen molar-refractivity contribution in [1.29, 1.82) is 0 Å². The Kier molecular flexibility index (Phi) is 4.46. The Balaban J connectivity index is 1.90. The van der Waals surface area contributed by atoms with E-state index in [0.717, 1.165) is 35.2 Å². The van der Waals surface area contributed by atoms with E-state index in [1.54, 1.807) is 14.2 Å². The van der Waals surface area contributed by atoms with Gasteiger partial charge in [0.1, 0.15) is 0 Å². The fourth-order valence-electron chi connectivity index (χ4n) is 3.52. The second kappa shape index (κ2) is 6.43. The number of carbonyl (C=O) groups is 1. The zero-order valence-corrected chi connectivity index (χ0v) is 15.5. The molecule has 0 unspecified atom stereocenters. The van der Waals surface area contributed by atoms with Gasteiger partial charge in [0.2, 0.25) is 5.91 Å². The van der Waals surface area contributed by atoms with Crippen LogP contribution in [0, 0.1) is 20.8 Å². The molecule has 4 heteroatoms. The third-order valence-electron chi connectivity index (χ3n) is 5.04. The summed E-state index contributed by atoms with van der Waals surface area (Å²) in [5.74, 6) is 1.38. The molecule has 1 amide bonds. The highest BCUT2D eigenvalue weighted by Crippen LogP contribution is 2.50. The summed E-state index contributed by atoms with van der Waals surface area (Å²) in [4.78, 5) is 13.1. The van der Waals surface area contributed by atoms with Crippen LogP contribution in [-0.2, 0) is 10.2 Å². The van der Waals surface area contributed by atoms with Crippen LogP contribution < -0.4 is 14.8 Å². The fraction of sp³-hybridized carbons (Fsp3) is 0.381. The molecule has 25 heavy (non-hydrogen) atoms. The van der Waals surface area contributed by atoms with Gasteiger partial charge < -0.3 is 14.8 Å². The quantitative estimate of drug-likeness (QED) is 0.883. The minimum Gasteiger partial charge on any atom is -0.493 e. The maximum atomic E-state index is 13.1. The molecule has 3 rings (SSSR count). The Bertz CT molecular complexity index is 799. The molecule has 0 aliphatic heterocycles. The molecule has 1 aliphatic rings. The SMILES string of the molecule is COc1ccc(C2(C(=O)Nc3c(C)cc(C)cc3C)CC2)cc1OC. The molecule has 132 valence electrons. The topological polar surface area (TPSA) is 47.6 Å². The van der Waals surface area contributed by atoms with Crippen molar-refractivity contribution in [2.45, 2.75) is 39.0 Å². The Morgan fingerprint density at radius 1 is 0.960 bits per heavy atom. The first-order valence-corrected chi connectivity index (χ1v) is 8.53. The molecule has 4 nitrogen and oxygen atoms in total. The molecule has 0 aromatic heterocycles. The molecule has 0 atom stereocenters. The van der Waals surface area contributed by atoms with E-state index in [1.165, 1.54) is 5.56 Å². The fourth-order valence-corrected chi connectivity index (χ4v) is 3.52. The monoisotopic (exact) mass is 339 g/mol. The summed E-state index contributed by atoms with van der Waals surface area (Å²) in [5, 5.41) is 3.16. The van der Waals surface area contributed by atoms with Crippen LogP contribution in [0.25, 0.3) is 0 Å². The molecular weight excluding hydrogens is 314 g/mol. The molecule has 1 N–H and O–H groups in total. The second-order valence-electron chi connectivity index (χ2n) is 6.88. The summed E-state index contributed by atoms with van der Waals surface area (Å²) >= 11 is 0. The predicted octanol–water partition coefficient (Wildman–Crippen LogP) is 4.30. The van der Waals surface area contributed by atoms with Gasteiger partial charge in [0.05, 0.1) is 19.6 Å². The highest BCUT2D eigenvalue weighted by Gasteiger charge is 2.51. The summed E-state index contributed by atoms with van der Waals surface area (Å²) in [6.07, 6.45) is 1.69. The first-order valence-electron chi connectivity index (χ1n) is 8.53.